The molecule has 0 amide bonds. The zero-order valence-corrected chi connectivity index (χ0v) is 57.9. The van der Waals surface area contributed by atoms with E-state index in [0.29, 0.717) is 79.3 Å². The second kappa shape index (κ2) is 61.8. The van der Waals surface area contributed by atoms with Crippen molar-refractivity contribution >= 4 is 34.4 Å². The first-order valence-electron chi connectivity index (χ1n) is 26.2. The Bertz CT molecular complexity index is 869. The minimum atomic E-state index is -1.23. The summed E-state index contributed by atoms with van der Waals surface area (Å²) in [6.45, 7) is 17.9. The van der Waals surface area contributed by atoms with E-state index in [1.54, 1.807) is 0 Å². The van der Waals surface area contributed by atoms with Gasteiger partial charge in [-0.05, 0) is 169 Å². The van der Waals surface area contributed by atoms with Gasteiger partial charge in [-0.3, -0.25) is 0 Å². The van der Waals surface area contributed by atoms with Crippen molar-refractivity contribution in [3.63, 3.8) is 0 Å². The van der Waals surface area contributed by atoms with Gasteiger partial charge in [0.25, 0.3) is 0 Å². The molecule has 0 rings (SSSR count). The van der Waals surface area contributed by atoms with Crippen LogP contribution in [0.25, 0.3) is 0 Å². The van der Waals surface area contributed by atoms with Gasteiger partial charge in [0, 0.05) is 95.0 Å². The van der Waals surface area contributed by atoms with Crippen LogP contribution in [0.4, 0.5) is 0 Å². The van der Waals surface area contributed by atoms with E-state index in [0.717, 1.165) is 78.5 Å². The van der Waals surface area contributed by atoms with E-state index in [1.165, 1.54) is 0 Å². The Morgan fingerprint density at radius 2 is 0.221 bits per heavy atom. The number of likely N-dealkylation sites (N-methyl/N-ethyl adjacent to an activating group) is 12. The molecule has 0 aliphatic heterocycles. The van der Waals surface area contributed by atoms with Crippen LogP contribution in [-0.4, -0.2) is 386 Å². The van der Waals surface area contributed by atoms with Crippen molar-refractivity contribution in [3.8, 4) is 0 Å². The van der Waals surface area contributed by atoms with Crippen LogP contribution in [-0.2, 0) is 70.8 Å². The molecule has 0 aliphatic carbocycles. The molecular weight excluding hydrogens is 1120 g/mol. The zero-order chi connectivity index (χ0) is 58.7. The summed E-state index contributed by atoms with van der Waals surface area (Å²) in [5.74, 6) is 0. The van der Waals surface area contributed by atoms with Crippen molar-refractivity contribution in [2.75, 3.05) is 327 Å². The van der Waals surface area contributed by atoms with E-state index in [9.17, 15) is 0 Å². The van der Waals surface area contributed by atoms with Gasteiger partial charge in [0.15, 0.2) is 0 Å². The fraction of sp³-hybridized carbons (Fsp3) is 1.00. The molecule has 0 aromatic heterocycles. The normalized spacial score (nSPS) is 12.2. The Morgan fingerprint density at radius 1 is 0.156 bits per heavy atom. The predicted molar refractivity (Wildman–Crippen MR) is 322 cm³/mol. The molecule has 0 fully saturated rings. The van der Waals surface area contributed by atoms with Crippen molar-refractivity contribution in [2.24, 2.45) is 0 Å². The van der Waals surface area contributed by atoms with E-state index >= 15 is 0 Å². The van der Waals surface area contributed by atoms with Crippen LogP contribution in [0, 0.1) is 0 Å². The van der Waals surface area contributed by atoms with E-state index in [-0.39, 0.29) is 16.5 Å². The Morgan fingerprint density at radius 3 is 0.273 bits per heavy atom. The van der Waals surface area contributed by atoms with Gasteiger partial charge in [-0.25, -0.2) is 0 Å². The van der Waals surface area contributed by atoms with Gasteiger partial charge in [0.2, 0.25) is 0 Å². The average Bonchev–Trinajstić information content (AvgIpc) is 3.27. The Kier molecular flexibility index (Phi) is 69.9. The fourth-order valence-corrected chi connectivity index (χ4v) is 7.69. The molecule has 0 saturated heterocycles. The van der Waals surface area contributed by atoms with E-state index in [2.05, 4.69) is 58.8 Å². The minimum Gasteiger partial charge on any atom is -0.311 e. The zero-order valence-electron chi connectivity index (χ0n) is 53.3. The Balaban J connectivity index is -0.000000298. The molecular formula is C48H120N12NiO12P4. The molecule has 0 atom stereocenters. The predicted octanol–water partition coefficient (Wildman–Crippen LogP) is 3.79. The molecule has 29 heteroatoms. The first-order valence-corrected chi connectivity index (χ1v) is 30.6. The summed E-state index contributed by atoms with van der Waals surface area (Å²) in [7, 11) is 43.5. The molecule has 0 spiro atoms. The van der Waals surface area contributed by atoms with Gasteiger partial charge >= 0.3 is 34.4 Å². The largest absolute Gasteiger partial charge is 0.332 e. The summed E-state index contributed by atoms with van der Waals surface area (Å²) in [5, 5.41) is 0. The molecule has 0 heterocycles. The van der Waals surface area contributed by atoms with Gasteiger partial charge in [-0.15, -0.1) is 0 Å². The minimum absolute atomic E-state index is 0. The third-order valence-corrected chi connectivity index (χ3v) is 13.5. The van der Waals surface area contributed by atoms with E-state index in [4.69, 9.17) is 54.3 Å². The second-order valence-electron chi connectivity index (χ2n) is 20.5. The van der Waals surface area contributed by atoms with Crippen molar-refractivity contribution in [1.29, 1.82) is 0 Å². The maximum atomic E-state index is 5.66. The molecule has 24 nitrogen and oxygen atoms in total. The number of nitrogens with zero attached hydrogens (tertiary/aromatic N) is 12. The summed E-state index contributed by atoms with van der Waals surface area (Å²) in [6, 6.07) is 0. The van der Waals surface area contributed by atoms with Gasteiger partial charge in [-0.2, -0.15) is 0 Å². The molecule has 0 bridgehead atoms. The van der Waals surface area contributed by atoms with Crippen molar-refractivity contribution < 1.29 is 70.8 Å². The molecule has 0 saturated carbocycles. The van der Waals surface area contributed by atoms with Crippen LogP contribution in [0.3, 0.4) is 0 Å². The van der Waals surface area contributed by atoms with Gasteiger partial charge in [0.05, 0.1) is 79.3 Å². The van der Waals surface area contributed by atoms with Crippen LogP contribution in [0.1, 0.15) is 0 Å². The van der Waals surface area contributed by atoms with E-state index < -0.39 is 34.4 Å². The SMILES string of the molecule is CN(C)CCOP(OCCN(C)C)OCCN(C)C.CN(C)CCOP(OCCN(C)C)OCCN(C)C.CN(C)CCOP(OCCN(C)C)OCCN(C)C.CN(C)CCOP(OCCN(C)C)OCCN(C)C.[Ni]. The molecule has 77 heavy (non-hydrogen) atoms. The quantitative estimate of drug-likeness (QED) is 0.0642. The molecule has 0 radical (unpaired) electrons. The number of rotatable bonds is 48. The third kappa shape index (κ3) is 81.5. The topological polar surface area (TPSA) is 150 Å². The summed E-state index contributed by atoms with van der Waals surface area (Å²) in [4.78, 5) is 24.9. The Labute approximate surface area is 488 Å². The molecule has 0 aromatic carbocycles. The molecule has 0 unspecified atom stereocenters. The third-order valence-electron chi connectivity index (χ3n) is 8.82. The molecule has 474 valence electrons. The molecule has 0 aliphatic rings. The first-order chi connectivity index (χ1) is 35.7. The molecule has 0 N–H and O–H groups in total. The number of hydrogen-bond donors (Lipinski definition) is 0. The summed E-state index contributed by atoms with van der Waals surface area (Å²) < 4.78 is 67.9. The summed E-state index contributed by atoms with van der Waals surface area (Å²) >= 11 is 0. The summed E-state index contributed by atoms with van der Waals surface area (Å²) in [5.41, 5.74) is 0. The Hall–Kier alpha value is 1.25. The van der Waals surface area contributed by atoms with Gasteiger partial charge < -0.3 is 113 Å². The average molecular weight is 1240 g/mol. The van der Waals surface area contributed by atoms with Crippen molar-refractivity contribution in [2.45, 2.75) is 0 Å². The standard InChI is InChI=1S/4C12H30N3O3P.Ni/c4*1-13(2)7-10-16-19(17-11-8-14(3)4)18-12-9-15(5)6;/h4*7-12H2,1-6H3;. The van der Waals surface area contributed by atoms with Crippen molar-refractivity contribution in [1.82, 2.24) is 58.8 Å². The van der Waals surface area contributed by atoms with Crippen LogP contribution >= 0.6 is 34.4 Å². The fourth-order valence-electron chi connectivity index (χ4n) is 4.02. The smallest absolute Gasteiger partial charge is 0.311 e. The second-order valence-corrected chi connectivity index (χ2v) is 25.4. The monoisotopic (exact) mass is 1240 g/mol. The summed E-state index contributed by atoms with van der Waals surface area (Å²) in [6.07, 6.45) is 0. The van der Waals surface area contributed by atoms with Gasteiger partial charge in [0.1, 0.15) is 0 Å². The van der Waals surface area contributed by atoms with Crippen LogP contribution in [0.5, 0.6) is 0 Å². The van der Waals surface area contributed by atoms with E-state index in [1.807, 2.05) is 169 Å². The van der Waals surface area contributed by atoms with Crippen LogP contribution in [0.2, 0.25) is 0 Å². The maximum absolute atomic E-state index is 5.66. The number of hydrogen-bond acceptors (Lipinski definition) is 24. The maximum Gasteiger partial charge on any atom is 0.332 e. The first kappa shape index (κ1) is 87.0. The van der Waals surface area contributed by atoms with Crippen LogP contribution in [0.15, 0.2) is 0 Å². The molecule has 0 aromatic rings. The van der Waals surface area contributed by atoms with Crippen molar-refractivity contribution in [3.05, 3.63) is 0 Å². The van der Waals surface area contributed by atoms with Crippen LogP contribution < -0.4 is 0 Å². The van der Waals surface area contributed by atoms with Gasteiger partial charge in [-0.1, -0.05) is 0 Å².